The van der Waals surface area contributed by atoms with Crippen LogP contribution in [0.25, 0.3) is 22.3 Å². The fourth-order valence-corrected chi connectivity index (χ4v) is 5.29. The van der Waals surface area contributed by atoms with Crippen molar-refractivity contribution in [3.63, 3.8) is 0 Å². The van der Waals surface area contributed by atoms with Crippen LogP contribution in [0, 0.1) is 6.92 Å². The van der Waals surface area contributed by atoms with Gasteiger partial charge in [0.05, 0.1) is 11.4 Å². The standard InChI is InChI=1S/C32H32N6O3/c1-21-7-3-4-11-28(21)40-19-23-8-5-10-27(17-23)41-26-14-12-24(13-15-26)30-29-31(33)34-20-35-32(29)38(36-30)25-9-6-16-37(18-25)22(2)39/h3-5,7-8,10-15,17,20,25H,6,9,16,18-19H2,1-2H3,(H2,33,34,35)/t25-/m1/s1. The lowest BCUT2D eigenvalue weighted by Gasteiger charge is -2.32. The largest absolute Gasteiger partial charge is 0.489 e. The number of nitrogen functional groups attached to an aromatic ring is 1. The lowest BCUT2D eigenvalue weighted by molar-refractivity contribution is -0.130. The number of nitrogens with zero attached hydrogens (tertiary/aromatic N) is 5. The number of piperidine rings is 1. The Kier molecular flexibility index (Phi) is 7.24. The topological polar surface area (TPSA) is 108 Å². The van der Waals surface area contributed by atoms with Crippen molar-refractivity contribution in [1.82, 2.24) is 24.6 Å². The van der Waals surface area contributed by atoms with E-state index in [9.17, 15) is 4.79 Å². The zero-order valence-electron chi connectivity index (χ0n) is 23.2. The van der Waals surface area contributed by atoms with Crippen LogP contribution in [0.1, 0.15) is 36.9 Å². The summed E-state index contributed by atoms with van der Waals surface area (Å²) in [6.45, 7) is 5.45. The van der Waals surface area contributed by atoms with Crippen molar-refractivity contribution in [3.8, 4) is 28.5 Å². The molecule has 1 saturated heterocycles. The van der Waals surface area contributed by atoms with Gasteiger partial charge in [0.1, 0.15) is 41.7 Å². The SMILES string of the molecule is CC(=O)N1CCC[C@@H](n2nc(-c3ccc(Oc4cccc(COc5ccccc5C)c4)cc3)c3c(N)ncnc32)C1. The molecule has 2 aromatic heterocycles. The van der Waals surface area contributed by atoms with Crippen LogP contribution in [-0.4, -0.2) is 43.6 Å². The zero-order chi connectivity index (χ0) is 28.3. The molecule has 41 heavy (non-hydrogen) atoms. The number of rotatable bonds is 7. The number of amides is 1. The van der Waals surface area contributed by atoms with Crippen LogP contribution in [0.2, 0.25) is 0 Å². The van der Waals surface area contributed by atoms with Gasteiger partial charge in [-0.1, -0.05) is 30.3 Å². The second kappa shape index (κ2) is 11.3. The van der Waals surface area contributed by atoms with E-state index in [-0.39, 0.29) is 11.9 Å². The van der Waals surface area contributed by atoms with E-state index >= 15 is 0 Å². The third-order valence-electron chi connectivity index (χ3n) is 7.46. The number of carbonyl (C=O) groups is 1. The first kappa shape index (κ1) is 26.3. The number of hydrogen-bond donors (Lipinski definition) is 1. The number of carbonyl (C=O) groups excluding carboxylic acids is 1. The Morgan fingerprint density at radius 3 is 2.66 bits per heavy atom. The van der Waals surface area contributed by atoms with E-state index in [1.807, 2.05) is 89.3 Å². The quantitative estimate of drug-likeness (QED) is 0.268. The third-order valence-corrected chi connectivity index (χ3v) is 7.46. The van der Waals surface area contributed by atoms with E-state index in [0.29, 0.717) is 41.4 Å². The van der Waals surface area contributed by atoms with E-state index in [2.05, 4.69) is 9.97 Å². The highest BCUT2D eigenvalue weighted by atomic mass is 16.5. The predicted molar refractivity (Wildman–Crippen MR) is 158 cm³/mol. The fraction of sp³-hybridized carbons (Fsp3) is 0.250. The zero-order valence-corrected chi connectivity index (χ0v) is 23.2. The number of aryl methyl sites for hydroxylation is 1. The molecule has 1 fully saturated rings. The highest BCUT2D eigenvalue weighted by Crippen LogP contribution is 2.35. The monoisotopic (exact) mass is 548 g/mol. The maximum atomic E-state index is 12.0. The van der Waals surface area contributed by atoms with E-state index in [0.717, 1.165) is 47.6 Å². The minimum Gasteiger partial charge on any atom is -0.489 e. The Balaban J connectivity index is 1.22. The van der Waals surface area contributed by atoms with Gasteiger partial charge in [0.2, 0.25) is 5.91 Å². The lowest BCUT2D eigenvalue weighted by Crippen LogP contribution is -2.39. The average Bonchev–Trinajstić information content (AvgIpc) is 3.38. The van der Waals surface area contributed by atoms with Gasteiger partial charge < -0.3 is 20.1 Å². The van der Waals surface area contributed by atoms with Crippen LogP contribution in [-0.2, 0) is 11.4 Å². The second-order valence-corrected chi connectivity index (χ2v) is 10.3. The van der Waals surface area contributed by atoms with E-state index < -0.39 is 0 Å². The molecule has 0 spiro atoms. The molecule has 1 atom stereocenters. The number of ether oxygens (including phenoxy) is 2. The second-order valence-electron chi connectivity index (χ2n) is 10.3. The Morgan fingerprint density at radius 1 is 1.02 bits per heavy atom. The van der Waals surface area contributed by atoms with E-state index in [1.54, 1.807) is 6.92 Å². The highest BCUT2D eigenvalue weighted by Gasteiger charge is 2.27. The molecular formula is C32H32N6O3. The highest BCUT2D eigenvalue weighted by molar-refractivity contribution is 5.98. The summed E-state index contributed by atoms with van der Waals surface area (Å²) in [4.78, 5) is 22.7. The Morgan fingerprint density at radius 2 is 1.85 bits per heavy atom. The molecule has 0 radical (unpaired) electrons. The van der Waals surface area contributed by atoms with Crippen LogP contribution in [0.4, 0.5) is 5.82 Å². The number of para-hydroxylation sites is 1. The van der Waals surface area contributed by atoms with Gasteiger partial charge in [-0.3, -0.25) is 4.79 Å². The summed E-state index contributed by atoms with van der Waals surface area (Å²) in [6.07, 6.45) is 3.28. The molecule has 1 aliphatic rings. The van der Waals surface area contributed by atoms with Crippen molar-refractivity contribution in [2.24, 2.45) is 0 Å². The van der Waals surface area contributed by atoms with E-state index in [4.69, 9.17) is 20.3 Å². The number of aromatic nitrogens is 4. The van der Waals surface area contributed by atoms with E-state index in [1.165, 1.54) is 6.33 Å². The Hall–Kier alpha value is -4.92. The van der Waals surface area contributed by atoms with Crippen LogP contribution in [0.15, 0.2) is 79.1 Å². The van der Waals surface area contributed by atoms with Gasteiger partial charge >= 0.3 is 0 Å². The summed E-state index contributed by atoms with van der Waals surface area (Å²) in [6, 6.07) is 23.6. The Labute approximate surface area is 238 Å². The summed E-state index contributed by atoms with van der Waals surface area (Å²) in [5.74, 6) is 2.74. The molecular weight excluding hydrogens is 516 g/mol. The number of nitrogens with two attached hydrogens (primary N) is 1. The number of hydrogen-bond acceptors (Lipinski definition) is 7. The van der Waals surface area contributed by atoms with Gasteiger partial charge in [-0.2, -0.15) is 5.10 Å². The predicted octanol–water partition coefficient (Wildman–Crippen LogP) is 5.94. The van der Waals surface area contributed by atoms with Crippen LogP contribution in [0.5, 0.6) is 17.2 Å². The molecule has 0 bridgehead atoms. The minimum atomic E-state index is 0.0165. The maximum Gasteiger partial charge on any atom is 0.219 e. The first-order valence-electron chi connectivity index (χ1n) is 13.8. The van der Waals surface area contributed by atoms with Crippen molar-refractivity contribution >= 4 is 22.8 Å². The fourth-order valence-electron chi connectivity index (χ4n) is 5.29. The van der Waals surface area contributed by atoms with Crippen molar-refractivity contribution < 1.29 is 14.3 Å². The molecule has 1 aliphatic heterocycles. The number of benzene rings is 3. The average molecular weight is 549 g/mol. The molecule has 0 aliphatic carbocycles. The number of fused-ring (bicyclic) bond motifs is 1. The molecule has 0 saturated carbocycles. The lowest BCUT2D eigenvalue weighted by atomic mass is 10.1. The number of anilines is 1. The molecule has 208 valence electrons. The molecule has 9 nitrogen and oxygen atoms in total. The van der Waals surface area contributed by atoms with Crippen molar-refractivity contribution in [2.45, 2.75) is 39.3 Å². The first-order valence-corrected chi connectivity index (χ1v) is 13.8. The minimum absolute atomic E-state index is 0.0165. The number of likely N-dealkylation sites (tertiary alicyclic amines) is 1. The molecule has 3 aromatic carbocycles. The normalized spacial score (nSPS) is 15.2. The molecule has 1 amide bonds. The third kappa shape index (κ3) is 5.56. The van der Waals surface area contributed by atoms with Crippen LogP contribution in [0.3, 0.4) is 0 Å². The summed E-state index contributed by atoms with van der Waals surface area (Å²) in [5.41, 5.74) is 10.7. The first-order chi connectivity index (χ1) is 20.0. The summed E-state index contributed by atoms with van der Waals surface area (Å²) in [7, 11) is 0. The van der Waals surface area contributed by atoms with Gasteiger partial charge in [0.15, 0.2) is 5.65 Å². The van der Waals surface area contributed by atoms with Crippen LogP contribution < -0.4 is 15.2 Å². The summed E-state index contributed by atoms with van der Waals surface area (Å²) in [5, 5.41) is 5.67. The summed E-state index contributed by atoms with van der Waals surface area (Å²) >= 11 is 0. The van der Waals surface area contributed by atoms with Crippen molar-refractivity contribution in [1.29, 1.82) is 0 Å². The van der Waals surface area contributed by atoms with Crippen molar-refractivity contribution in [2.75, 3.05) is 18.8 Å². The molecule has 2 N–H and O–H groups in total. The summed E-state index contributed by atoms with van der Waals surface area (Å²) < 4.78 is 14.1. The van der Waals surface area contributed by atoms with Crippen molar-refractivity contribution in [3.05, 3.63) is 90.3 Å². The molecule has 3 heterocycles. The van der Waals surface area contributed by atoms with Gasteiger partial charge in [-0.15, -0.1) is 0 Å². The maximum absolute atomic E-state index is 12.0. The molecule has 6 rings (SSSR count). The van der Waals surface area contributed by atoms with Gasteiger partial charge in [0.25, 0.3) is 0 Å². The van der Waals surface area contributed by atoms with Crippen LogP contribution >= 0.6 is 0 Å². The molecule has 5 aromatic rings. The van der Waals surface area contributed by atoms with Gasteiger partial charge in [0, 0.05) is 25.6 Å². The van der Waals surface area contributed by atoms with Gasteiger partial charge in [-0.25, -0.2) is 14.6 Å². The molecule has 9 heteroatoms. The Bertz CT molecular complexity index is 1700. The van der Waals surface area contributed by atoms with Gasteiger partial charge in [-0.05, 0) is 73.4 Å². The smallest absolute Gasteiger partial charge is 0.219 e. The molecule has 0 unspecified atom stereocenters.